The number of ether oxygens (including phenoxy) is 1. The minimum absolute atomic E-state index is 0.124. The molecule has 3 nitrogen and oxygen atoms in total. The maximum absolute atomic E-state index is 7.01. The van der Waals surface area contributed by atoms with E-state index >= 15 is 0 Å². The number of amidine groups is 1. The zero-order chi connectivity index (χ0) is 8.81. The Kier molecular flexibility index (Phi) is 3.91. The van der Waals surface area contributed by atoms with Crippen molar-refractivity contribution in [2.24, 2.45) is 5.73 Å². The Bertz CT molecular complexity index is 139. The third kappa shape index (κ3) is 3.60. The van der Waals surface area contributed by atoms with E-state index in [0.29, 0.717) is 0 Å². The first-order valence-electron chi connectivity index (χ1n) is 4.79. The zero-order valence-corrected chi connectivity index (χ0v) is 7.51. The Labute approximate surface area is 73.8 Å². The van der Waals surface area contributed by atoms with Crippen LogP contribution < -0.4 is 5.73 Å². The first-order chi connectivity index (χ1) is 5.79. The van der Waals surface area contributed by atoms with Gasteiger partial charge in [0, 0.05) is 0 Å². The van der Waals surface area contributed by atoms with E-state index in [0.717, 1.165) is 12.8 Å². The lowest BCUT2D eigenvalue weighted by Crippen LogP contribution is -2.24. The molecule has 0 unspecified atom stereocenters. The molecule has 0 aromatic rings. The summed E-state index contributed by atoms with van der Waals surface area (Å²) in [5.74, 6) is 0. The highest BCUT2D eigenvalue weighted by Gasteiger charge is 2.12. The normalized spacial score (nSPS) is 21.0. The van der Waals surface area contributed by atoms with Crippen LogP contribution in [-0.2, 0) is 4.74 Å². The molecule has 1 fully saturated rings. The molecule has 0 radical (unpaired) electrons. The Morgan fingerprint density at radius 3 is 2.08 bits per heavy atom. The van der Waals surface area contributed by atoms with Crippen molar-refractivity contribution in [2.75, 3.05) is 0 Å². The van der Waals surface area contributed by atoms with Crippen molar-refractivity contribution < 1.29 is 4.74 Å². The maximum Gasteiger partial charge on any atom is 0.279 e. The second-order valence-electron chi connectivity index (χ2n) is 3.45. The SMILES string of the molecule is N=C(N)OC1CCCCCCC1. The van der Waals surface area contributed by atoms with Crippen LogP contribution in [0, 0.1) is 5.41 Å². The molecule has 12 heavy (non-hydrogen) atoms. The summed E-state index contributed by atoms with van der Waals surface area (Å²) in [5.41, 5.74) is 5.17. The van der Waals surface area contributed by atoms with Gasteiger partial charge in [-0.25, -0.2) is 0 Å². The summed E-state index contributed by atoms with van der Waals surface area (Å²) in [5, 5.41) is 7.01. The van der Waals surface area contributed by atoms with Gasteiger partial charge in [0.25, 0.3) is 6.02 Å². The highest BCUT2D eigenvalue weighted by molar-refractivity contribution is 5.67. The van der Waals surface area contributed by atoms with Crippen LogP contribution in [0.5, 0.6) is 0 Å². The molecule has 0 aliphatic heterocycles. The Morgan fingerprint density at radius 2 is 1.58 bits per heavy atom. The molecule has 0 atom stereocenters. The molecule has 0 amide bonds. The number of rotatable bonds is 1. The lowest BCUT2D eigenvalue weighted by Gasteiger charge is -2.19. The molecule has 3 N–H and O–H groups in total. The van der Waals surface area contributed by atoms with Crippen LogP contribution in [0.3, 0.4) is 0 Å². The smallest absolute Gasteiger partial charge is 0.279 e. The van der Waals surface area contributed by atoms with E-state index in [1.807, 2.05) is 0 Å². The summed E-state index contributed by atoms with van der Waals surface area (Å²) < 4.78 is 5.19. The van der Waals surface area contributed by atoms with Crippen molar-refractivity contribution in [1.29, 1.82) is 5.41 Å². The Hall–Kier alpha value is -0.730. The van der Waals surface area contributed by atoms with Crippen LogP contribution >= 0.6 is 0 Å². The van der Waals surface area contributed by atoms with Crippen molar-refractivity contribution in [2.45, 2.75) is 51.0 Å². The van der Waals surface area contributed by atoms with Crippen molar-refractivity contribution in [3.05, 3.63) is 0 Å². The number of hydrogen-bond acceptors (Lipinski definition) is 2. The predicted molar refractivity (Wildman–Crippen MR) is 49.1 cm³/mol. The molecule has 0 saturated heterocycles. The van der Waals surface area contributed by atoms with Crippen molar-refractivity contribution >= 4 is 6.02 Å². The molecule has 1 saturated carbocycles. The van der Waals surface area contributed by atoms with Crippen molar-refractivity contribution in [1.82, 2.24) is 0 Å². The molecular weight excluding hydrogens is 152 g/mol. The molecule has 1 rings (SSSR count). The van der Waals surface area contributed by atoms with Gasteiger partial charge in [-0.15, -0.1) is 0 Å². The van der Waals surface area contributed by atoms with E-state index in [2.05, 4.69) is 0 Å². The molecular formula is C9H18N2O. The fraction of sp³-hybridized carbons (Fsp3) is 0.889. The molecule has 0 heterocycles. The van der Waals surface area contributed by atoms with E-state index in [1.165, 1.54) is 32.1 Å². The van der Waals surface area contributed by atoms with Crippen molar-refractivity contribution in [3.8, 4) is 0 Å². The Morgan fingerprint density at radius 1 is 1.08 bits per heavy atom. The van der Waals surface area contributed by atoms with Crippen LogP contribution in [0.1, 0.15) is 44.9 Å². The molecule has 0 bridgehead atoms. The number of nitrogens with one attached hydrogen (secondary N) is 1. The molecule has 0 aromatic carbocycles. The standard InChI is InChI=1S/C9H18N2O/c10-9(11)12-8-6-4-2-1-3-5-7-8/h8H,1-7H2,(H3,10,11). The molecule has 1 aliphatic carbocycles. The maximum atomic E-state index is 7.01. The fourth-order valence-corrected chi connectivity index (χ4v) is 1.72. The van der Waals surface area contributed by atoms with Gasteiger partial charge >= 0.3 is 0 Å². The lowest BCUT2D eigenvalue weighted by molar-refractivity contribution is 0.150. The van der Waals surface area contributed by atoms with Crippen LogP contribution in [-0.4, -0.2) is 12.1 Å². The largest absolute Gasteiger partial charge is 0.462 e. The van der Waals surface area contributed by atoms with E-state index in [1.54, 1.807) is 0 Å². The molecule has 70 valence electrons. The quantitative estimate of drug-likeness (QED) is 0.467. The van der Waals surface area contributed by atoms with Gasteiger partial charge in [-0.2, -0.15) is 0 Å². The van der Waals surface area contributed by atoms with Crippen LogP contribution in [0.4, 0.5) is 0 Å². The summed E-state index contributed by atoms with van der Waals surface area (Å²) in [6.07, 6.45) is 8.75. The van der Waals surface area contributed by atoms with Gasteiger partial charge < -0.3 is 10.5 Å². The van der Waals surface area contributed by atoms with Crippen LogP contribution in [0.15, 0.2) is 0 Å². The minimum atomic E-state index is -0.124. The summed E-state index contributed by atoms with van der Waals surface area (Å²) in [6.45, 7) is 0. The summed E-state index contributed by atoms with van der Waals surface area (Å²) in [4.78, 5) is 0. The number of nitrogens with two attached hydrogens (primary N) is 1. The van der Waals surface area contributed by atoms with E-state index in [9.17, 15) is 0 Å². The van der Waals surface area contributed by atoms with Gasteiger partial charge in [-0.3, -0.25) is 5.41 Å². The third-order valence-corrected chi connectivity index (χ3v) is 2.35. The van der Waals surface area contributed by atoms with E-state index in [4.69, 9.17) is 15.9 Å². The average molecular weight is 170 g/mol. The highest BCUT2D eigenvalue weighted by atomic mass is 16.5. The second kappa shape index (κ2) is 5.01. The lowest BCUT2D eigenvalue weighted by atomic mass is 9.99. The summed E-state index contributed by atoms with van der Waals surface area (Å²) in [7, 11) is 0. The van der Waals surface area contributed by atoms with Gasteiger partial charge in [-0.05, 0) is 25.7 Å². The third-order valence-electron chi connectivity index (χ3n) is 2.35. The summed E-state index contributed by atoms with van der Waals surface area (Å²) in [6, 6.07) is -0.124. The van der Waals surface area contributed by atoms with Gasteiger partial charge in [0.15, 0.2) is 0 Å². The van der Waals surface area contributed by atoms with Crippen molar-refractivity contribution in [3.63, 3.8) is 0 Å². The molecule has 0 spiro atoms. The zero-order valence-electron chi connectivity index (χ0n) is 7.51. The van der Waals surface area contributed by atoms with Gasteiger partial charge in [0.05, 0.1) is 0 Å². The topological polar surface area (TPSA) is 59.1 Å². The van der Waals surface area contributed by atoms with Gasteiger partial charge in [0.2, 0.25) is 0 Å². The number of hydrogen-bond donors (Lipinski definition) is 2. The van der Waals surface area contributed by atoms with Gasteiger partial charge in [0.1, 0.15) is 6.10 Å². The predicted octanol–water partition coefficient (Wildman–Crippen LogP) is 2.01. The second-order valence-corrected chi connectivity index (χ2v) is 3.45. The monoisotopic (exact) mass is 170 g/mol. The van der Waals surface area contributed by atoms with Crippen LogP contribution in [0.25, 0.3) is 0 Å². The molecule has 0 aromatic heterocycles. The first-order valence-corrected chi connectivity index (χ1v) is 4.79. The minimum Gasteiger partial charge on any atom is -0.462 e. The summed E-state index contributed by atoms with van der Waals surface area (Å²) >= 11 is 0. The molecule has 3 heteroatoms. The highest BCUT2D eigenvalue weighted by Crippen LogP contribution is 2.18. The van der Waals surface area contributed by atoms with Gasteiger partial charge in [-0.1, -0.05) is 19.3 Å². The van der Waals surface area contributed by atoms with E-state index < -0.39 is 0 Å². The van der Waals surface area contributed by atoms with Crippen LogP contribution in [0.2, 0.25) is 0 Å². The molecule has 1 aliphatic rings. The Balaban J connectivity index is 2.24. The first kappa shape index (κ1) is 9.36. The fourth-order valence-electron chi connectivity index (χ4n) is 1.72. The van der Waals surface area contributed by atoms with E-state index in [-0.39, 0.29) is 12.1 Å². The average Bonchev–Trinajstić information content (AvgIpc) is 1.93.